The molecule has 20 heavy (non-hydrogen) atoms. The standard InChI is InChI=1S/C13H13N3O3S/c17-20(18,16-13-5-6-14-9-15-13)11-4-3-10-2-1-7-19-12(10)8-11/h3-6,8-9H,1-2,7H2,(H,14,15,16). The summed E-state index contributed by atoms with van der Waals surface area (Å²) in [6.45, 7) is 0.621. The van der Waals surface area contributed by atoms with Crippen LogP contribution in [0.3, 0.4) is 0 Å². The number of rotatable bonds is 3. The summed E-state index contributed by atoms with van der Waals surface area (Å²) >= 11 is 0. The van der Waals surface area contributed by atoms with E-state index < -0.39 is 10.0 Å². The van der Waals surface area contributed by atoms with Gasteiger partial charge in [0.15, 0.2) is 0 Å². The molecule has 7 heteroatoms. The van der Waals surface area contributed by atoms with Crippen LogP contribution in [-0.2, 0) is 16.4 Å². The number of nitrogens with zero attached hydrogens (tertiary/aromatic N) is 2. The highest BCUT2D eigenvalue weighted by Crippen LogP contribution is 2.28. The maximum atomic E-state index is 12.3. The first-order valence-corrected chi connectivity index (χ1v) is 7.68. The first-order chi connectivity index (χ1) is 9.65. The van der Waals surface area contributed by atoms with Crippen molar-refractivity contribution in [2.24, 2.45) is 0 Å². The first kappa shape index (κ1) is 12.9. The van der Waals surface area contributed by atoms with Crippen molar-refractivity contribution in [2.45, 2.75) is 17.7 Å². The molecule has 0 amide bonds. The van der Waals surface area contributed by atoms with E-state index in [1.807, 2.05) is 0 Å². The van der Waals surface area contributed by atoms with Crippen molar-refractivity contribution >= 4 is 15.8 Å². The molecule has 1 N–H and O–H groups in total. The fourth-order valence-electron chi connectivity index (χ4n) is 2.04. The fraction of sp³-hybridized carbons (Fsp3) is 0.231. The Morgan fingerprint density at radius 2 is 2.15 bits per heavy atom. The number of aryl methyl sites for hydroxylation is 1. The Balaban J connectivity index is 1.91. The number of benzene rings is 1. The van der Waals surface area contributed by atoms with Gasteiger partial charge in [-0.1, -0.05) is 6.07 Å². The SMILES string of the molecule is O=S(=O)(Nc1ccncn1)c1ccc2c(c1)OCCC2. The summed E-state index contributed by atoms with van der Waals surface area (Å²) in [5, 5.41) is 0. The molecule has 6 nitrogen and oxygen atoms in total. The molecule has 1 aromatic heterocycles. The lowest BCUT2D eigenvalue weighted by Gasteiger charge is -2.18. The number of anilines is 1. The molecule has 104 valence electrons. The van der Waals surface area contributed by atoms with Gasteiger partial charge < -0.3 is 4.74 Å². The van der Waals surface area contributed by atoms with Crippen LogP contribution in [0.5, 0.6) is 5.75 Å². The third kappa shape index (κ3) is 2.57. The third-order valence-corrected chi connectivity index (χ3v) is 4.37. The van der Waals surface area contributed by atoms with Crippen LogP contribution in [0.1, 0.15) is 12.0 Å². The van der Waals surface area contributed by atoms with Crippen molar-refractivity contribution in [2.75, 3.05) is 11.3 Å². The van der Waals surface area contributed by atoms with Crippen LogP contribution in [-0.4, -0.2) is 25.0 Å². The zero-order valence-corrected chi connectivity index (χ0v) is 11.4. The Kier molecular flexibility index (Phi) is 3.27. The van der Waals surface area contributed by atoms with E-state index in [1.165, 1.54) is 18.6 Å². The topological polar surface area (TPSA) is 81.2 Å². The number of ether oxygens (including phenoxy) is 1. The van der Waals surface area contributed by atoms with E-state index in [1.54, 1.807) is 18.2 Å². The summed E-state index contributed by atoms with van der Waals surface area (Å²) in [7, 11) is -3.67. The number of sulfonamides is 1. The molecule has 0 atom stereocenters. The zero-order chi connectivity index (χ0) is 14.0. The van der Waals surface area contributed by atoms with E-state index >= 15 is 0 Å². The monoisotopic (exact) mass is 291 g/mol. The lowest BCUT2D eigenvalue weighted by atomic mass is 10.1. The second kappa shape index (κ2) is 5.09. The Morgan fingerprint density at radius 3 is 2.95 bits per heavy atom. The first-order valence-electron chi connectivity index (χ1n) is 6.20. The molecule has 0 fully saturated rings. The average Bonchev–Trinajstić information content (AvgIpc) is 2.47. The van der Waals surface area contributed by atoms with Crippen LogP contribution in [0.15, 0.2) is 41.7 Å². The van der Waals surface area contributed by atoms with Gasteiger partial charge in [-0.15, -0.1) is 0 Å². The Bertz CT molecular complexity index is 717. The van der Waals surface area contributed by atoms with Crippen LogP contribution in [0.25, 0.3) is 0 Å². The second-order valence-electron chi connectivity index (χ2n) is 4.42. The van der Waals surface area contributed by atoms with E-state index in [2.05, 4.69) is 14.7 Å². The van der Waals surface area contributed by atoms with E-state index in [4.69, 9.17) is 4.74 Å². The minimum absolute atomic E-state index is 0.164. The molecule has 2 heterocycles. The molecule has 3 rings (SSSR count). The summed E-state index contributed by atoms with van der Waals surface area (Å²) in [5.74, 6) is 0.875. The van der Waals surface area contributed by atoms with Crippen molar-refractivity contribution in [3.05, 3.63) is 42.4 Å². The van der Waals surface area contributed by atoms with Gasteiger partial charge in [-0.2, -0.15) is 0 Å². The predicted molar refractivity (Wildman–Crippen MR) is 73.1 cm³/mol. The summed E-state index contributed by atoms with van der Waals surface area (Å²) in [5.41, 5.74) is 1.04. The number of fused-ring (bicyclic) bond motifs is 1. The van der Waals surface area contributed by atoms with E-state index in [0.717, 1.165) is 18.4 Å². The Morgan fingerprint density at radius 1 is 1.25 bits per heavy atom. The van der Waals surface area contributed by atoms with Crippen molar-refractivity contribution in [3.8, 4) is 5.75 Å². The van der Waals surface area contributed by atoms with Gasteiger partial charge in [0.05, 0.1) is 11.5 Å². The molecule has 2 aromatic rings. The van der Waals surface area contributed by atoms with E-state index in [0.29, 0.717) is 12.4 Å². The normalized spacial score (nSPS) is 14.2. The minimum Gasteiger partial charge on any atom is -0.493 e. The Labute approximate surface area is 116 Å². The lowest BCUT2D eigenvalue weighted by Crippen LogP contribution is -2.15. The summed E-state index contributed by atoms with van der Waals surface area (Å²) < 4.78 is 32.4. The third-order valence-electron chi connectivity index (χ3n) is 3.02. The van der Waals surface area contributed by atoms with Crippen molar-refractivity contribution in [1.29, 1.82) is 0 Å². The molecule has 0 saturated carbocycles. The van der Waals surface area contributed by atoms with Gasteiger partial charge in [0.25, 0.3) is 10.0 Å². The largest absolute Gasteiger partial charge is 0.493 e. The molecule has 1 aliphatic rings. The van der Waals surface area contributed by atoms with Crippen LogP contribution < -0.4 is 9.46 Å². The molecule has 1 aromatic carbocycles. The minimum atomic E-state index is -3.67. The van der Waals surface area contributed by atoms with Crippen molar-refractivity contribution in [3.63, 3.8) is 0 Å². The molecule has 0 bridgehead atoms. The highest BCUT2D eigenvalue weighted by atomic mass is 32.2. The van der Waals surface area contributed by atoms with Gasteiger partial charge in [-0.3, -0.25) is 4.72 Å². The van der Waals surface area contributed by atoms with Gasteiger partial charge in [0, 0.05) is 12.3 Å². The predicted octanol–water partition coefficient (Wildman–Crippen LogP) is 1.60. The van der Waals surface area contributed by atoms with Crippen molar-refractivity contribution in [1.82, 2.24) is 9.97 Å². The van der Waals surface area contributed by atoms with Crippen LogP contribution in [0, 0.1) is 0 Å². The number of aromatic nitrogens is 2. The summed E-state index contributed by atoms with van der Waals surface area (Å²) in [4.78, 5) is 7.75. The quantitative estimate of drug-likeness (QED) is 0.929. The molecule has 0 spiro atoms. The lowest BCUT2D eigenvalue weighted by molar-refractivity contribution is 0.287. The molecule has 0 aliphatic carbocycles. The molecular weight excluding hydrogens is 278 g/mol. The van der Waals surface area contributed by atoms with Gasteiger partial charge in [-0.25, -0.2) is 18.4 Å². The molecule has 0 unspecified atom stereocenters. The molecule has 1 aliphatic heterocycles. The molecule has 0 saturated heterocycles. The van der Waals surface area contributed by atoms with Crippen LogP contribution in [0.4, 0.5) is 5.82 Å². The number of nitrogens with one attached hydrogen (secondary N) is 1. The highest BCUT2D eigenvalue weighted by molar-refractivity contribution is 7.92. The second-order valence-corrected chi connectivity index (χ2v) is 6.10. The van der Waals surface area contributed by atoms with Gasteiger partial charge in [-0.05, 0) is 30.5 Å². The molecular formula is C13H13N3O3S. The Hall–Kier alpha value is -2.15. The van der Waals surface area contributed by atoms with Crippen LogP contribution in [0.2, 0.25) is 0 Å². The van der Waals surface area contributed by atoms with E-state index in [-0.39, 0.29) is 10.7 Å². The van der Waals surface area contributed by atoms with Gasteiger partial charge in [0.2, 0.25) is 0 Å². The van der Waals surface area contributed by atoms with Crippen LogP contribution >= 0.6 is 0 Å². The van der Waals surface area contributed by atoms with Crippen molar-refractivity contribution < 1.29 is 13.2 Å². The maximum absolute atomic E-state index is 12.3. The fourth-order valence-corrected chi connectivity index (χ4v) is 3.06. The zero-order valence-electron chi connectivity index (χ0n) is 10.6. The number of hydrogen-bond acceptors (Lipinski definition) is 5. The van der Waals surface area contributed by atoms with Gasteiger partial charge in [0.1, 0.15) is 17.9 Å². The maximum Gasteiger partial charge on any atom is 0.263 e. The van der Waals surface area contributed by atoms with Gasteiger partial charge >= 0.3 is 0 Å². The molecule has 0 radical (unpaired) electrons. The highest BCUT2D eigenvalue weighted by Gasteiger charge is 2.18. The average molecular weight is 291 g/mol. The smallest absolute Gasteiger partial charge is 0.263 e. The summed E-state index contributed by atoms with van der Waals surface area (Å²) in [6, 6.07) is 6.42. The summed E-state index contributed by atoms with van der Waals surface area (Å²) in [6.07, 6.45) is 4.63. The van der Waals surface area contributed by atoms with E-state index in [9.17, 15) is 8.42 Å². The number of hydrogen-bond donors (Lipinski definition) is 1.